The maximum atomic E-state index is 13.8. The zero-order valence-corrected chi connectivity index (χ0v) is 27.4. The van der Waals surface area contributed by atoms with Crippen molar-refractivity contribution in [2.75, 3.05) is 33.9 Å². The van der Waals surface area contributed by atoms with Crippen LogP contribution in [-0.4, -0.2) is 88.0 Å². The highest BCUT2D eigenvalue weighted by atomic mass is 35.5. The van der Waals surface area contributed by atoms with Crippen LogP contribution in [0.15, 0.2) is 48.8 Å². The molecule has 2 aliphatic heterocycles. The van der Waals surface area contributed by atoms with E-state index in [0.717, 1.165) is 6.42 Å². The number of carbonyl (C=O) groups is 1. The van der Waals surface area contributed by atoms with Crippen LogP contribution in [0.5, 0.6) is 11.8 Å². The molecule has 6 rings (SSSR count). The van der Waals surface area contributed by atoms with Crippen LogP contribution in [0.2, 0.25) is 10.0 Å². The van der Waals surface area contributed by atoms with Crippen molar-refractivity contribution < 1.29 is 23.8 Å². The summed E-state index contributed by atoms with van der Waals surface area (Å²) in [4.78, 5) is 31.8. The Hall–Kier alpha value is -3.94. The van der Waals surface area contributed by atoms with Gasteiger partial charge in [-0.05, 0) is 6.42 Å². The monoisotopic (exact) mass is 681 g/mol. The number of aliphatic hydroxyl groups is 1. The fraction of sp³-hybridized carbons (Fsp3) is 0.364. The number of aromatic nitrogens is 4. The van der Waals surface area contributed by atoms with Gasteiger partial charge in [0.05, 0.1) is 54.2 Å². The predicted molar refractivity (Wildman–Crippen MR) is 176 cm³/mol. The Kier molecular flexibility index (Phi) is 10.1. The topological polar surface area (TPSA) is 135 Å². The molecule has 4 aromatic rings. The standard InChI is InChI=1S/C33H34Cl2FN7O4/c1-46-32-26(12-37-11-18-9-10-29(45)40-18)38-13-24(41-32)21-7-3-5-19(30(21)34)20-6-4-8-22(31(20)35)25-14-39-27(33(42-25)47-2)16-43-15-23(36)28(44)17-43/h3-8,13-14,18,23,28,37,44H,9-12,15-17H2,1-2H3,(H,40,45)/t18-,23-,28-/m0/s1. The van der Waals surface area contributed by atoms with Gasteiger partial charge in [-0.25, -0.2) is 14.4 Å². The predicted octanol–water partition coefficient (Wildman–Crippen LogP) is 4.47. The van der Waals surface area contributed by atoms with Gasteiger partial charge in [-0.2, -0.15) is 0 Å². The number of carbonyl (C=O) groups excluding carboxylic acids is 1. The molecule has 0 bridgehead atoms. The molecule has 2 aromatic heterocycles. The molecule has 47 heavy (non-hydrogen) atoms. The largest absolute Gasteiger partial charge is 0.480 e. The van der Waals surface area contributed by atoms with E-state index in [1.54, 1.807) is 24.4 Å². The molecule has 3 atom stereocenters. The SMILES string of the molecule is COc1nc(-c2cccc(-c3cccc(-c4cnc(CN5C[C@H](O)[C@@H](F)C5)c(OC)n4)c3Cl)c2Cl)cnc1CNC[C@@H]1CCC(=O)N1. The smallest absolute Gasteiger partial charge is 0.237 e. The van der Waals surface area contributed by atoms with E-state index in [4.69, 9.17) is 37.7 Å². The molecule has 0 saturated carbocycles. The zero-order chi connectivity index (χ0) is 33.1. The van der Waals surface area contributed by atoms with E-state index in [2.05, 4.69) is 25.6 Å². The van der Waals surface area contributed by atoms with Gasteiger partial charge < -0.3 is 25.2 Å². The van der Waals surface area contributed by atoms with Crippen LogP contribution in [0.4, 0.5) is 4.39 Å². The second kappa shape index (κ2) is 14.4. The molecule has 246 valence electrons. The second-order valence-electron chi connectivity index (χ2n) is 11.5. The van der Waals surface area contributed by atoms with E-state index in [0.29, 0.717) is 80.5 Å². The molecule has 4 heterocycles. The van der Waals surface area contributed by atoms with Gasteiger partial charge in [0.2, 0.25) is 17.7 Å². The highest BCUT2D eigenvalue weighted by molar-refractivity contribution is 6.39. The third-order valence-electron chi connectivity index (χ3n) is 8.29. The van der Waals surface area contributed by atoms with Crippen LogP contribution < -0.4 is 20.1 Å². The summed E-state index contributed by atoms with van der Waals surface area (Å²) in [5, 5.41) is 16.9. The quantitative estimate of drug-likeness (QED) is 0.208. The maximum Gasteiger partial charge on any atom is 0.237 e. The molecule has 0 aliphatic carbocycles. The Morgan fingerprint density at radius 2 is 1.51 bits per heavy atom. The van der Waals surface area contributed by atoms with Gasteiger partial charge in [0, 0.05) is 67.4 Å². The number of rotatable bonds is 11. The first-order valence-corrected chi connectivity index (χ1v) is 15.9. The van der Waals surface area contributed by atoms with E-state index in [9.17, 15) is 14.3 Å². The Morgan fingerprint density at radius 3 is 2.04 bits per heavy atom. The Balaban J connectivity index is 1.24. The van der Waals surface area contributed by atoms with Crippen molar-refractivity contribution in [2.24, 2.45) is 0 Å². The number of likely N-dealkylation sites (tertiary alicyclic amines) is 1. The van der Waals surface area contributed by atoms with Gasteiger partial charge in [-0.1, -0.05) is 59.6 Å². The van der Waals surface area contributed by atoms with Crippen molar-refractivity contribution in [2.45, 2.75) is 44.2 Å². The number of aliphatic hydroxyl groups excluding tert-OH is 1. The number of alkyl halides is 1. The Bertz CT molecular complexity index is 1770. The van der Waals surface area contributed by atoms with E-state index in [1.165, 1.54) is 7.11 Å². The van der Waals surface area contributed by atoms with Crippen molar-refractivity contribution in [1.82, 2.24) is 35.5 Å². The minimum atomic E-state index is -1.30. The summed E-state index contributed by atoms with van der Waals surface area (Å²) in [6.07, 6.45) is 2.29. The normalized spacial score (nSPS) is 19.6. The average molecular weight is 683 g/mol. The summed E-state index contributed by atoms with van der Waals surface area (Å²) in [5.41, 5.74) is 4.83. The van der Waals surface area contributed by atoms with Crippen LogP contribution in [0, 0.1) is 0 Å². The first-order chi connectivity index (χ1) is 22.7. The molecule has 0 spiro atoms. The molecule has 0 radical (unpaired) electrons. The van der Waals surface area contributed by atoms with Crippen molar-refractivity contribution >= 4 is 29.1 Å². The van der Waals surface area contributed by atoms with Crippen LogP contribution in [0.25, 0.3) is 33.6 Å². The molecule has 3 N–H and O–H groups in total. The summed E-state index contributed by atoms with van der Waals surface area (Å²) < 4.78 is 24.9. The fourth-order valence-electron chi connectivity index (χ4n) is 5.84. The lowest BCUT2D eigenvalue weighted by Gasteiger charge is -2.17. The molecule has 2 fully saturated rings. The van der Waals surface area contributed by atoms with Gasteiger partial charge in [0.15, 0.2) is 0 Å². The van der Waals surface area contributed by atoms with Crippen LogP contribution in [0.3, 0.4) is 0 Å². The number of nitrogens with zero attached hydrogens (tertiary/aromatic N) is 5. The van der Waals surface area contributed by atoms with Gasteiger partial charge in [0.1, 0.15) is 17.6 Å². The lowest BCUT2D eigenvalue weighted by Crippen LogP contribution is -2.35. The highest BCUT2D eigenvalue weighted by Crippen LogP contribution is 2.42. The summed E-state index contributed by atoms with van der Waals surface area (Å²) in [5.74, 6) is 0.731. The van der Waals surface area contributed by atoms with E-state index in [-0.39, 0.29) is 37.5 Å². The minimum Gasteiger partial charge on any atom is -0.480 e. The van der Waals surface area contributed by atoms with Crippen LogP contribution in [-0.2, 0) is 17.9 Å². The number of methoxy groups -OCH3 is 2. The third-order valence-corrected chi connectivity index (χ3v) is 9.10. The molecule has 2 saturated heterocycles. The molecule has 2 aromatic carbocycles. The summed E-state index contributed by atoms with van der Waals surface area (Å²) in [6, 6.07) is 11.3. The van der Waals surface area contributed by atoms with Crippen molar-refractivity contribution in [3.8, 4) is 45.4 Å². The number of halogens is 3. The molecular weight excluding hydrogens is 648 g/mol. The fourth-order valence-corrected chi connectivity index (χ4v) is 6.49. The number of β-amino-alcohol motifs (C(OH)–C–C–N with tert-alkyl or cyclic N) is 1. The van der Waals surface area contributed by atoms with Gasteiger partial charge in [-0.3, -0.25) is 19.7 Å². The maximum absolute atomic E-state index is 13.8. The molecular formula is C33H34Cl2FN7O4. The number of ether oxygens (including phenoxy) is 2. The number of hydrogen-bond acceptors (Lipinski definition) is 10. The summed E-state index contributed by atoms with van der Waals surface area (Å²) >= 11 is 14.0. The lowest BCUT2D eigenvalue weighted by atomic mass is 9.98. The third kappa shape index (κ3) is 7.16. The van der Waals surface area contributed by atoms with Gasteiger partial charge in [0.25, 0.3) is 0 Å². The molecule has 1 amide bonds. The van der Waals surface area contributed by atoms with Gasteiger partial charge in [-0.15, -0.1) is 0 Å². The van der Waals surface area contributed by atoms with E-state index in [1.807, 2.05) is 36.4 Å². The molecule has 0 unspecified atom stereocenters. The second-order valence-corrected chi connectivity index (χ2v) is 12.2. The minimum absolute atomic E-state index is 0.0729. The van der Waals surface area contributed by atoms with Crippen LogP contribution in [0.1, 0.15) is 24.2 Å². The number of amides is 1. The van der Waals surface area contributed by atoms with E-state index < -0.39 is 12.3 Å². The van der Waals surface area contributed by atoms with E-state index >= 15 is 0 Å². The lowest BCUT2D eigenvalue weighted by molar-refractivity contribution is -0.119. The number of nitrogens with one attached hydrogen (secondary N) is 2. The van der Waals surface area contributed by atoms with Crippen LogP contribution >= 0.6 is 23.2 Å². The summed E-state index contributed by atoms with van der Waals surface area (Å²) in [6.45, 7) is 1.66. The number of benzene rings is 2. The highest BCUT2D eigenvalue weighted by Gasteiger charge is 2.32. The zero-order valence-electron chi connectivity index (χ0n) is 25.8. The first-order valence-electron chi connectivity index (χ1n) is 15.2. The first kappa shape index (κ1) is 33.0. The summed E-state index contributed by atoms with van der Waals surface area (Å²) in [7, 11) is 3.04. The van der Waals surface area contributed by atoms with Crippen molar-refractivity contribution in [3.63, 3.8) is 0 Å². The molecule has 11 nitrogen and oxygen atoms in total. The van der Waals surface area contributed by atoms with Crippen molar-refractivity contribution in [1.29, 1.82) is 0 Å². The molecule has 14 heteroatoms. The van der Waals surface area contributed by atoms with Gasteiger partial charge >= 0.3 is 0 Å². The Labute approximate surface area is 281 Å². The molecule has 2 aliphatic rings. The average Bonchev–Trinajstić information content (AvgIpc) is 3.64. The number of hydrogen-bond donors (Lipinski definition) is 3. The van der Waals surface area contributed by atoms with Crippen molar-refractivity contribution in [3.05, 3.63) is 70.2 Å². The Morgan fingerprint density at radius 1 is 0.936 bits per heavy atom.